The van der Waals surface area contributed by atoms with Crippen LogP contribution in [0.15, 0.2) is 10.5 Å². The van der Waals surface area contributed by atoms with Gasteiger partial charge in [0.25, 0.3) is 0 Å². The van der Waals surface area contributed by atoms with Gasteiger partial charge in [0.1, 0.15) is 16.0 Å². The topological polar surface area (TPSA) is 109 Å². The summed E-state index contributed by atoms with van der Waals surface area (Å²) in [6.07, 6.45) is 3.81. The smallest absolute Gasteiger partial charge is 0.246 e. The summed E-state index contributed by atoms with van der Waals surface area (Å²) in [5, 5.41) is 6.85. The number of anilines is 2. The Balaban J connectivity index is 1.71. The molecule has 1 saturated heterocycles. The molecule has 3 N–H and O–H groups in total. The van der Waals surface area contributed by atoms with Gasteiger partial charge in [-0.3, -0.25) is 4.79 Å². The van der Waals surface area contributed by atoms with Gasteiger partial charge in [-0.05, 0) is 19.8 Å². The largest absolute Gasteiger partial charge is 0.368 e. The van der Waals surface area contributed by atoms with Crippen LogP contribution in [0.3, 0.4) is 0 Å². The van der Waals surface area contributed by atoms with Crippen molar-refractivity contribution in [3.05, 3.63) is 26.8 Å². The van der Waals surface area contributed by atoms with Crippen molar-refractivity contribution >= 4 is 46.8 Å². The van der Waals surface area contributed by atoms with Crippen molar-refractivity contribution in [2.24, 2.45) is 5.10 Å². The molecule has 3 heterocycles. The van der Waals surface area contributed by atoms with Crippen LogP contribution in [0.1, 0.15) is 29.1 Å². The summed E-state index contributed by atoms with van der Waals surface area (Å²) in [5.74, 6) is 0.511. The molecule has 0 aromatic carbocycles. The number of hydrazone groups is 1. The van der Waals surface area contributed by atoms with Crippen LogP contribution in [0, 0.1) is 6.92 Å². The number of amides is 1. The Bertz CT molecular complexity index is 801. The van der Waals surface area contributed by atoms with E-state index in [-0.39, 0.29) is 23.4 Å². The third-order valence-electron chi connectivity index (χ3n) is 3.66. The second kappa shape index (κ2) is 7.75. The molecule has 132 valence electrons. The predicted molar refractivity (Wildman–Crippen MR) is 99.2 cm³/mol. The molecule has 0 radical (unpaired) electrons. The molecule has 8 nitrogen and oxygen atoms in total. The number of hydrogen-bond donors (Lipinski definition) is 2. The Labute approximate surface area is 154 Å². The number of aryl methyl sites for hydroxylation is 1. The number of nitrogens with one attached hydrogen (secondary N) is 1. The number of thiazole rings is 1. The average Bonchev–Trinajstić information content (AvgIpc) is 3.21. The zero-order valence-corrected chi connectivity index (χ0v) is 15.3. The van der Waals surface area contributed by atoms with E-state index in [0.29, 0.717) is 11.4 Å². The van der Waals surface area contributed by atoms with Gasteiger partial charge in [-0.2, -0.15) is 10.1 Å². The maximum absolute atomic E-state index is 11.9. The van der Waals surface area contributed by atoms with Crippen LogP contribution in [-0.4, -0.2) is 40.2 Å². The van der Waals surface area contributed by atoms with Crippen molar-refractivity contribution in [1.82, 2.24) is 20.4 Å². The van der Waals surface area contributed by atoms with Crippen molar-refractivity contribution < 1.29 is 4.79 Å². The highest BCUT2D eigenvalue weighted by Gasteiger charge is 2.20. The van der Waals surface area contributed by atoms with Crippen molar-refractivity contribution in [3.8, 4) is 0 Å². The minimum Gasteiger partial charge on any atom is -0.368 e. The fraction of sp³-hybridized carbons (Fsp3) is 0.400. The molecule has 0 aliphatic carbocycles. The Hall–Kier alpha value is -2.26. The first-order valence-electron chi connectivity index (χ1n) is 7.84. The van der Waals surface area contributed by atoms with Crippen LogP contribution in [0.2, 0.25) is 5.15 Å². The van der Waals surface area contributed by atoms with E-state index in [4.69, 9.17) is 17.3 Å². The molecule has 0 saturated carbocycles. The van der Waals surface area contributed by atoms with Crippen molar-refractivity contribution in [3.63, 3.8) is 0 Å². The van der Waals surface area contributed by atoms with Gasteiger partial charge in [-0.25, -0.2) is 15.4 Å². The van der Waals surface area contributed by atoms with E-state index in [1.54, 1.807) is 0 Å². The fourth-order valence-electron chi connectivity index (χ4n) is 2.56. The Kier molecular flexibility index (Phi) is 5.44. The molecule has 1 amide bonds. The van der Waals surface area contributed by atoms with E-state index in [9.17, 15) is 4.79 Å². The second-order valence-electron chi connectivity index (χ2n) is 5.66. The Morgan fingerprint density at radius 2 is 2.20 bits per heavy atom. The number of nitrogen functional groups attached to an aromatic ring is 1. The van der Waals surface area contributed by atoms with E-state index >= 15 is 0 Å². The number of carbonyl (C=O) groups excluding carboxylic acids is 1. The lowest BCUT2D eigenvalue weighted by Crippen LogP contribution is -2.23. The third kappa shape index (κ3) is 4.43. The minimum absolute atomic E-state index is 0.118. The SMILES string of the molecule is Cc1csc(CC(=O)N/N=C/c2c(Cl)nc(N)nc2N2CCCC2)n1. The number of nitrogens with two attached hydrogens (primary N) is 1. The molecule has 0 spiro atoms. The summed E-state index contributed by atoms with van der Waals surface area (Å²) < 4.78 is 0. The Morgan fingerprint density at radius 1 is 1.44 bits per heavy atom. The van der Waals surface area contributed by atoms with Crippen LogP contribution in [0.25, 0.3) is 0 Å². The van der Waals surface area contributed by atoms with Crippen LogP contribution in [0.5, 0.6) is 0 Å². The number of halogens is 1. The van der Waals surface area contributed by atoms with Crippen molar-refractivity contribution in [2.45, 2.75) is 26.2 Å². The summed E-state index contributed by atoms with van der Waals surface area (Å²) in [6, 6.07) is 0. The van der Waals surface area contributed by atoms with Crippen LogP contribution in [0.4, 0.5) is 11.8 Å². The lowest BCUT2D eigenvalue weighted by atomic mass is 10.3. The van der Waals surface area contributed by atoms with Crippen LogP contribution < -0.4 is 16.1 Å². The molecule has 2 aromatic rings. The van der Waals surface area contributed by atoms with Gasteiger partial charge in [0.2, 0.25) is 11.9 Å². The number of nitrogens with zero attached hydrogens (tertiary/aromatic N) is 5. The molecule has 3 rings (SSSR count). The lowest BCUT2D eigenvalue weighted by Gasteiger charge is -2.19. The molecule has 0 bridgehead atoms. The van der Waals surface area contributed by atoms with E-state index in [1.807, 2.05) is 12.3 Å². The quantitative estimate of drug-likeness (QED) is 0.465. The molecule has 1 aliphatic heterocycles. The summed E-state index contributed by atoms with van der Waals surface area (Å²) >= 11 is 7.64. The molecule has 1 aliphatic rings. The van der Waals surface area contributed by atoms with Crippen molar-refractivity contribution in [2.75, 3.05) is 23.7 Å². The van der Waals surface area contributed by atoms with Gasteiger partial charge in [-0.1, -0.05) is 11.6 Å². The molecule has 10 heteroatoms. The summed E-state index contributed by atoms with van der Waals surface area (Å²) in [5.41, 5.74) is 9.63. The highest BCUT2D eigenvalue weighted by Crippen LogP contribution is 2.26. The van der Waals surface area contributed by atoms with E-state index in [0.717, 1.165) is 36.6 Å². The predicted octanol–water partition coefficient (Wildman–Crippen LogP) is 1.77. The number of carbonyl (C=O) groups is 1. The molecule has 25 heavy (non-hydrogen) atoms. The normalized spacial score (nSPS) is 14.4. The van der Waals surface area contributed by atoms with Crippen LogP contribution >= 0.6 is 22.9 Å². The second-order valence-corrected chi connectivity index (χ2v) is 6.96. The molecular formula is C15H18ClN7OS. The fourth-order valence-corrected chi connectivity index (χ4v) is 3.55. The van der Waals surface area contributed by atoms with Gasteiger partial charge >= 0.3 is 0 Å². The molecular weight excluding hydrogens is 362 g/mol. The van der Waals surface area contributed by atoms with Gasteiger partial charge in [-0.15, -0.1) is 11.3 Å². The van der Waals surface area contributed by atoms with Gasteiger partial charge in [0.05, 0.1) is 18.2 Å². The van der Waals surface area contributed by atoms with E-state index in [2.05, 4.69) is 30.4 Å². The highest BCUT2D eigenvalue weighted by molar-refractivity contribution is 7.09. The zero-order chi connectivity index (χ0) is 17.8. The third-order valence-corrected chi connectivity index (χ3v) is 4.92. The molecule has 0 atom stereocenters. The molecule has 2 aromatic heterocycles. The van der Waals surface area contributed by atoms with Gasteiger partial charge in [0.15, 0.2) is 0 Å². The van der Waals surface area contributed by atoms with Gasteiger partial charge < -0.3 is 10.6 Å². The Morgan fingerprint density at radius 3 is 2.88 bits per heavy atom. The number of hydrogen-bond acceptors (Lipinski definition) is 8. The first-order valence-corrected chi connectivity index (χ1v) is 9.09. The molecule has 0 unspecified atom stereocenters. The first kappa shape index (κ1) is 17.6. The standard InChI is InChI=1S/C15H18ClN7OS/c1-9-8-25-12(19-9)6-11(24)22-18-7-10-13(16)20-15(17)21-14(10)23-4-2-3-5-23/h7-8H,2-6H2,1H3,(H,22,24)(H2,17,20,21)/b18-7+. The summed E-state index contributed by atoms with van der Waals surface area (Å²) in [7, 11) is 0. The van der Waals surface area contributed by atoms with Gasteiger partial charge in [0, 0.05) is 24.2 Å². The average molecular weight is 380 g/mol. The van der Waals surface area contributed by atoms with E-state index < -0.39 is 0 Å². The highest BCUT2D eigenvalue weighted by atomic mass is 35.5. The lowest BCUT2D eigenvalue weighted by molar-refractivity contribution is -0.120. The van der Waals surface area contributed by atoms with E-state index in [1.165, 1.54) is 17.6 Å². The number of rotatable bonds is 5. The van der Waals surface area contributed by atoms with Crippen molar-refractivity contribution in [1.29, 1.82) is 0 Å². The maximum Gasteiger partial charge on any atom is 0.246 e. The zero-order valence-electron chi connectivity index (χ0n) is 13.7. The maximum atomic E-state index is 11.9. The first-order chi connectivity index (χ1) is 12.0. The summed E-state index contributed by atoms with van der Waals surface area (Å²) in [4.78, 5) is 26.5. The summed E-state index contributed by atoms with van der Waals surface area (Å²) in [6.45, 7) is 3.64. The number of aromatic nitrogens is 3. The minimum atomic E-state index is -0.249. The monoisotopic (exact) mass is 379 g/mol. The molecule has 1 fully saturated rings. The van der Waals surface area contributed by atoms with Crippen LogP contribution in [-0.2, 0) is 11.2 Å².